The van der Waals surface area contributed by atoms with Crippen molar-refractivity contribution >= 4 is 61.9 Å². The highest BCUT2D eigenvalue weighted by Gasteiger charge is 2.31. The Hall–Kier alpha value is -3.42. The van der Waals surface area contributed by atoms with Crippen LogP contribution in [0, 0.1) is 3.57 Å². The first kappa shape index (κ1) is 31.0. The summed E-state index contributed by atoms with van der Waals surface area (Å²) in [6, 6.07) is 18.5. The standard InChI is InChI=1S/C32H28BrIN2O6S/c1-4-40-26-13-9-21(16-27(26)41-5-2)29-23(31(38)39-3)17-35-32-36(29)30(37)28(43-32)15-20-8-12-25(24(33)14-20)42-18-19-6-10-22(34)11-7-19/h6-17,29H,4-5,18H2,1-3H3/b28-15-/t29-/m1/s1. The SMILES string of the molecule is CCOc1ccc([C@@H]2C(C(=O)OC)=CN=c3s/c(=C\c4ccc(OCc5ccc(I)cc5)c(Br)c4)c(=O)n32)cc1OCC. The van der Waals surface area contributed by atoms with Gasteiger partial charge in [-0.2, -0.15) is 0 Å². The first-order valence-electron chi connectivity index (χ1n) is 13.5. The van der Waals surface area contributed by atoms with Crippen LogP contribution in [-0.4, -0.2) is 30.9 Å². The van der Waals surface area contributed by atoms with Crippen LogP contribution in [0.2, 0.25) is 0 Å². The number of ether oxygens (including phenoxy) is 4. The third-order valence-corrected chi connectivity index (χ3v) is 8.91. The summed E-state index contributed by atoms with van der Waals surface area (Å²) in [6.45, 7) is 5.11. The highest BCUT2D eigenvalue weighted by molar-refractivity contribution is 14.1. The maximum atomic E-state index is 13.9. The second-order valence-electron chi connectivity index (χ2n) is 9.35. The van der Waals surface area contributed by atoms with E-state index in [4.69, 9.17) is 18.9 Å². The Morgan fingerprint density at radius 2 is 1.72 bits per heavy atom. The van der Waals surface area contributed by atoms with Crippen molar-refractivity contribution in [3.05, 3.63) is 117 Å². The van der Waals surface area contributed by atoms with E-state index in [9.17, 15) is 9.59 Å². The number of rotatable bonds is 10. The molecule has 0 bridgehead atoms. The van der Waals surface area contributed by atoms with Crippen molar-refractivity contribution in [1.82, 2.24) is 4.57 Å². The number of esters is 1. The Kier molecular flexibility index (Phi) is 10.0. The number of thiazole rings is 1. The van der Waals surface area contributed by atoms with E-state index in [2.05, 4.69) is 43.5 Å². The smallest absolute Gasteiger partial charge is 0.337 e. The Labute approximate surface area is 274 Å². The Balaban J connectivity index is 1.51. The topological polar surface area (TPSA) is 88.4 Å². The van der Waals surface area contributed by atoms with Gasteiger partial charge < -0.3 is 18.9 Å². The fourth-order valence-electron chi connectivity index (χ4n) is 4.60. The van der Waals surface area contributed by atoms with E-state index in [0.29, 0.717) is 52.0 Å². The molecule has 0 unspecified atom stereocenters. The summed E-state index contributed by atoms with van der Waals surface area (Å²) in [5.74, 6) is 1.24. The van der Waals surface area contributed by atoms with Gasteiger partial charge in [-0.25, -0.2) is 9.79 Å². The fourth-order valence-corrected chi connectivity index (χ4v) is 6.44. The molecule has 1 atom stereocenters. The van der Waals surface area contributed by atoms with Crippen molar-refractivity contribution in [2.45, 2.75) is 26.5 Å². The van der Waals surface area contributed by atoms with Gasteiger partial charge in [0, 0.05) is 9.77 Å². The number of benzene rings is 3. The lowest BCUT2D eigenvalue weighted by molar-refractivity contribution is -0.136. The molecule has 0 spiro atoms. The van der Waals surface area contributed by atoms with E-state index in [0.717, 1.165) is 15.6 Å². The summed E-state index contributed by atoms with van der Waals surface area (Å²) in [5.41, 5.74) is 2.51. The van der Waals surface area contributed by atoms with Crippen LogP contribution in [0.5, 0.6) is 17.2 Å². The van der Waals surface area contributed by atoms with Gasteiger partial charge in [0.15, 0.2) is 16.3 Å². The lowest BCUT2D eigenvalue weighted by Gasteiger charge is -2.23. The van der Waals surface area contributed by atoms with E-state index in [1.807, 2.05) is 62.4 Å². The minimum Gasteiger partial charge on any atom is -0.490 e. The average molecular weight is 775 g/mol. The summed E-state index contributed by atoms with van der Waals surface area (Å²) in [5, 5.41) is 0. The lowest BCUT2D eigenvalue weighted by Crippen LogP contribution is -2.39. The van der Waals surface area contributed by atoms with Crippen molar-refractivity contribution in [2.24, 2.45) is 4.99 Å². The third kappa shape index (κ3) is 6.89. The molecule has 0 saturated carbocycles. The first-order chi connectivity index (χ1) is 20.8. The van der Waals surface area contributed by atoms with Crippen molar-refractivity contribution in [2.75, 3.05) is 20.3 Å². The van der Waals surface area contributed by atoms with Gasteiger partial charge in [-0.15, -0.1) is 0 Å². The van der Waals surface area contributed by atoms with E-state index < -0.39 is 12.0 Å². The first-order valence-corrected chi connectivity index (χ1v) is 16.2. The van der Waals surface area contributed by atoms with Gasteiger partial charge in [-0.05, 0) is 112 Å². The number of hydrogen-bond acceptors (Lipinski definition) is 8. The maximum absolute atomic E-state index is 13.9. The van der Waals surface area contributed by atoms with E-state index in [-0.39, 0.29) is 11.1 Å². The molecular weight excluding hydrogens is 747 g/mol. The monoisotopic (exact) mass is 774 g/mol. The zero-order valence-electron chi connectivity index (χ0n) is 23.6. The van der Waals surface area contributed by atoms with Gasteiger partial charge in [0.2, 0.25) is 0 Å². The van der Waals surface area contributed by atoms with Crippen LogP contribution in [0.3, 0.4) is 0 Å². The largest absolute Gasteiger partial charge is 0.490 e. The fraction of sp³-hybridized carbons (Fsp3) is 0.219. The predicted molar refractivity (Wildman–Crippen MR) is 178 cm³/mol. The van der Waals surface area contributed by atoms with Crippen LogP contribution >= 0.6 is 49.9 Å². The van der Waals surface area contributed by atoms with Gasteiger partial charge in [0.25, 0.3) is 5.56 Å². The summed E-state index contributed by atoms with van der Waals surface area (Å²) >= 11 is 7.12. The van der Waals surface area contributed by atoms with Crippen molar-refractivity contribution in [1.29, 1.82) is 0 Å². The maximum Gasteiger partial charge on any atom is 0.337 e. The third-order valence-electron chi connectivity index (χ3n) is 6.57. The Morgan fingerprint density at radius 3 is 2.42 bits per heavy atom. The van der Waals surface area contributed by atoms with Crippen LogP contribution in [0.4, 0.5) is 0 Å². The number of carbonyl (C=O) groups excluding carboxylic acids is 1. The molecule has 8 nitrogen and oxygen atoms in total. The van der Waals surface area contributed by atoms with Crippen LogP contribution in [0.25, 0.3) is 6.08 Å². The number of nitrogens with zero attached hydrogens (tertiary/aromatic N) is 2. The number of methoxy groups -OCH3 is 1. The Morgan fingerprint density at radius 1 is 1.00 bits per heavy atom. The Bertz CT molecular complexity index is 1870. The molecule has 2 heterocycles. The van der Waals surface area contributed by atoms with Gasteiger partial charge in [0.05, 0.1) is 40.9 Å². The minimum absolute atomic E-state index is 0.241. The highest BCUT2D eigenvalue weighted by atomic mass is 127. The van der Waals surface area contributed by atoms with Gasteiger partial charge >= 0.3 is 5.97 Å². The second kappa shape index (κ2) is 13.9. The number of hydrogen-bond donors (Lipinski definition) is 0. The molecule has 0 N–H and O–H groups in total. The van der Waals surface area contributed by atoms with Crippen molar-refractivity contribution in [3.63, 3.8) is 0 Å². The average Bonchev–Trinajstić information content (AvgIpc) is 3.32. The van der Waals surface area contributed by atoms with Crippen LogP contribution in [0.15, 0.2) is 86.7 Å². The molecule has 0 amide bonds. The molecular formula is C32H28BrIN2O6S. The zero-order chi connectivity index (χ0) is 30.5. The predicted octanol–water partition coefficient (Wildman–Crippen LogP) is 5.76. The van der Waals surface area contributed by atoms with E-state index in [1.165, 1.54) is 32.8 Å². The molecule has 1 aromatic heterocycles. The molecule has 3 aromatic carbocycles. The van der Waals surface area contributed by atoms with Crippen molar-refractivity contribution in [3.8, 4) is 17.2 Å². The zero-order valence-corrected chi connectivity index (χ0v) is 28.2. The molecule has 0 aliphatic carbocycles. The number of fused-ring (bicyclic) bond motifs is 1. The van der Waals surface area contributed by atoms with Gasteiger partial charge in [0.1, 0.15) is 12.4 Å². The normalized spacial score (nSPS) is 14.4. The van der Waals surface area contributed by atoms with Crippen LogP contribution in [0.1, 0.15) is 36.6 Å². The molecule has 43 heavy (non-hydrogen) atoms. The highest BCUT2D eigenvalue weighted by Crippen LogP contribution is 2.35. The number of halogens is 2. The summed E-state index contributed by atoms with van der Waals surface area (Å²) < 4.78 is 26.5. The molecule has 222 valence electrons. The molecule has 0 fully saturated rings. The molecule has 0 saturated heterocycles. The van der Waals surface area contributed by atoms with Crippen LogP contribution < -0.4 is 29.1 Å². The van der Waals surface area contributed by atoms with E-state index in [1.54, 1.807) is 18.2 Å². The van der Waals surface area contributed by atoms with Crippen molar-refractivity contribution < 1.29 is 23.7 Å². The number of carbonyl (C=O) groups is 1. The quantitative estimate of drug-likeness (QED) is 0.151. The molecule has 4 aromatic rings. The number of aromatic nitrogens is 1. The summed E-state index contributed by atoms with van der Waals surface area (Å²) in [6.07, 6.45) is 3.28. The molecule has 1 aliphatic heterocycles. The summed E-state index contributed by atoms with van der Waals surface area (Å²) in [4.78, 5) is 31.6. The molecule has 11 heteroatoms. The van der Waals surface area contributed by atoms with E-state index >= 15 is 0 Å². The molecule has 0 radical (unpaired) electrons. The lowest BCUT2D eigenvalue weighted by atomic mass is 9.97. The summed E-state index contributed by atoms with van der Waals surface area (Å²) in [7, 11) is 1.31. The molecule has 5 rings (SSSR count). The minimum atomic E-state index is -0.760. The second-order valence-corrected chi connectivity index (χ2v) is 12.5. The van der Waals surface area contributed by atoms with Gasteiger partial charge in [-0.3, -0.25) is 9.36 Å². The molecule has 1 aliphatic rings. The van der Waals surface area contributed by atoms with Gasteiger partial charge in [-0.1, -0.05) is 35.6 Å². The van der Waals surface area contributed by atoms with Crippen LogP contribution in [-0.2, 0) is 16.1 Å².